The van der Waals surface area contributed by atoms with E-state index in [4.69, 9.17) is 16.7 Å². The van der Waals surface area contributed by atoms with E-state index in [0.717, 1.165) is 24.6 Å². The van der Waals surface area contributed by atoms with E-state index in [1.165, 1.54) is 0 Å². The Hall–Kier alpha value is -1.18. The van der Waals surface area contributed by atoms with E-state index in [0.29, 0.717) is 12.8 Å². The minimum atomic E-state index is -4.06. The molecule has 1 fully saturated rings. The third-order valence-corrected chi connectivity index (χ3v) is 5.39. The summed E-state index contributed by atoms with van der Waals surface area (Å²) in [6.45, 7) is 0. The van der Waals surface area contributed by atoms with Crippen LogP contribution in [0.2, 0.25) is 5.02 Å². The molecule has 8 heteroatoms. The molecular formula is C12H13ClFNO4S. The van der Waals surface area contributed by atoms with Gasteiger partial charge in [0.1, 0.15) is 10.7 Å². The molecule has 1 aromatic rings. The highest BCUT2D eigenvalue weighted by Gasteiger charge is 2.42. The summed E-state index contributed by atoms with van der Waals surface area (Å²) in [6, 6.07) is 3.02. The number of sulfonamides is 1. The first kappa shape index (κ1) is 15.2. The van der Waals surface area contributed by atoms with Crippen LogP contribution in [0.25, 0.3) is 0 Å². The summed E-state index contributed by atoms with van der Waals surface area (Å²) in [5, 5.41) is 8.75. The average Bonchev–Trinajstić information content (AvgIpc) is 2.28. The number of nitrogens with one attached hydrogen (secondary N) is 1. The number of halogens is 2. The topological polar surface area (TPSA) is 83.5 Å². The zero-order chi connectivity index (χ0) is 15.0. The van der Waals surface area contributed by atoms with E-state index in [9.17, 15) is 17.6 Å². The van der Waals surface area contributed by atoms with Crippen LogP contribution in [-0.4, -0.2) is 25.0 Å². The minimum absolute atomic E-state index is 0.108. The van der Waals surface area contributed by atoms with E-state index in [-0.39, 0.29) is 16.3 Å². The third kappa shape index (κ3) is 3.11. The standard InChI is InChI=1S/C12H13ClFNO4S/c13-9-3-2-8(14)6-10(9)20(18,19)15-12(4-1-5-12)7-11(16)17/h2-3,6,15H,1,4-5,7H2,(H,16,17). The van der Waals surface area contributed by atoms with Crippen LogP contribution in [0.15, 0.2) is 23.1 Å². The molecular weight excluding hydrogens is 309 g/mol. The van der Waals surface area contributed by atoms with Gasteiger partial charge in [-0.2, -0.15) is 0 Å². The Morgan fingerprint density at radius 1 is 1.45 bits per heavy atom. The second-order valence-corrected chi connectivity index (χ2v) is 6.94. The van der Waals surface area contributed by atoms with Gasteiger partial charge < -0.3 is 5.11 Å². The van der Waals surface area contributed by atoms with Gasteiger partial charge in [-0.05, 0) is 37.5 Å². The Bertz CT molecular complexity index is 643. The molecule has 2 rings (SSSR count). The summed E-state index contributed by atoms with van der Waals surface area (Å²) in [5.74, 6) is -1.81. The Balaban J connectivity index is 2.31. The molecule has 110 valence electrons. The van der Waals surface area contributed by atoms with Crippen LogP contribution in [0.3, 0.4) is 0 Å². The van der Waals surface area contributed by atoms with Crippen molar-refractivity contribution in [2.24, 2.45) is 0 Å². The Kier molecular flexibility index (Phi) is 4.04. The number of rotatable bonds is 5. The maximum atomic E-state index is 13.2. The van der Waals surface area contributed by atoms with Gasteiger partial charge in [0.25, 0.3) is 0 Å². The molecule has 0 radical (unpaired) electrons. The number of carboxylic acid groups (broad SMARTS) is 1. The van der Waals surface area contributed by atoms with Crippen molar-refractivity contribution in [3.05, 3.63) is 29.0 Å². The van der Waals surface area contributed by atoms with Gasteiger partial charge in [0, 0.05) is 5.54 Å². The van der Waals surface area contributed by atoms with Crippen LogP contribution >= 0.6 is 11.6 Å². The highest BCUT2D eigenvalue weighted by molar-refractivity contribution is 7.89. The molecule has 0 saturated heterocycles. The first-order chi connectivity index (χ1) is 9.24. The molecule has 1 saturated carbocycles. The third-order valence-electron chi connectivity index (χ3n) is 3.33. The smallest absolute Gasteiger partial charge is 0.305 e. The first-order valence-electron chi connectivity index (χ1n) is 5.95. The number of hydrogen-bond acceptors (Lipinski definition) is 3. The second-order valence-electron chi connectivity index (χ2n) is 4.88. The summed E-state index contributed by atoms with van der Waals surface area (Å²) in [5.41, 5.74) is -1.000. The van der Waals surface area contributed by atoms with Crippen molar-refractivity contribution in [1.29, 1.82) is 0 Å². The van der Waals surface area contributed by atoms with Crippen molar-refractivity contribution in [2.75, 3.05) is 0 Å². The van der Waals surface area contributed by atoms with Gasteiger partial charge in [-0.3, -0.25) is 4.79 Å². The Morgan fingerprint density at radius 2 is 2.10 bits per heavy atom. The van der Waals surface area contributed by atoms with Crippen molar-refractivity contribution < 1.29 is 22.7 Å². The molecule has 5 nitrogen and oxygen atoms in total. The van der Waals surface area contributed by atoms with E-state index in [1.54, 1.807) is 0 Å². The maximum absolute atomic E-state index is 13.2. The molecule has 0 heterocycles. The number of hydrogen-bond donors (Lipinski definition) is 2. The monoisotopic (exact) mass is 321 g/mol. The molecule has 1 aromatic carbocycles. The van der Waals surface area contributed by atoms with Crippen molar-refractivity contribution >= 4 is 27.6 Å². The molecule has 0 atom stereocenters. The second kappa shape index (κ2) is 5.31. The highest BCUT2D eigenvalue weighted by atomic mass is 35.5. The number of benzene rings is 1. The maximum Gasteiger partial charge on any atom is 0.305 e. The van der Waals surface area contributed by atoms with Crippen LogP contribution in [0.5, 0.6) is 0 Å². The summed E-state index contributed by atoms with van der Waals surface area (Å²) >= 11 is 5.77. The summed E-state index contributed by atoms with van der Waals surface area (Å²) in [6.07, 6.45) is 1.31. The molecule has 0 amide bonds. The molecule has 0 aromatic heterocycles. The van der Waals surface area contributed by atoms with Gasteiger partial charge in [0.15, 0.2) is 0 Å². The van der Waals surface area contributed by atoms with Crippen molar-refractivity contribution in [3.8, 4) is 0 Å². The fourth-order valence-corrected chi connectivity index (χ4v) is 4.20. The summed E-state index contributed by atoms with van der Waals surface area (Å²) in [7, 11) is -4.06. The van der Waals surface area contributed by atoms with Gasteiger partial charge >= 0.3 is 5.97 Å². The minimum Gasteiger partial charge on any atom is -0.481 e. The SMILES string of the molecule is O=C(O)CC1(NS(=O)(=O)c2cc(F)ccc2Cl)CCC1. The fraction of sp³-hybridized carbons (Fsp3) is 0.417. The summed E-state index contributed by atoms with van der Waals surface area (Å²) in [4.78, 5) is 10.5. The average molecular weight is 322 g/mol. The first-order valence-corrected chi connectivity index (χ1v) is 7.81. The zero-order valence-corrected chi connectivity index (χ0v) is 12.0. The molecule has 2 N–H and O–H groups in total. The largest absolute Gasteiger partial charge is 0.481 e. The van der Waals surface area contributed by atoms with Crippen molar-refractivity contribution in [2.45, 2.75) is 36.1 Å². The quantitative estimate of drug-likeness (QED) is 0.870. The van der Waals surface area contributed by atoms with Gasteiger partial charge in [0.05, 0.1) is 11.4 Å². The Morgan fingerprint density at radius 3 is 2.60 bits per heavy atom. The molecule has 0 spiro atoms. The van der Waals surface area contributed by atoms with Gasteiger partial charge in [0.2, 0.25) is 10.0 Å². The normalized spacial score (nSPS) is 17.5. The lowest BCUT2D eigenvalue weighted by Gasteiger charge is -2.41. The molecule has 0 unspecified atom stereocenters. The van der Waals surface area contributed by atoms with Gasteiger partial charge in [-0.25, -0.2) is 17.5 Å². The number of carbonyl (C=O) groups is 1. The Labute approximate surface area is 120 Å². The van der Waals surface area contributed by atoms with Crippen LogP contribution in [0, 0.1) is 5.82 Å². The molecule has 1 aliphatic rings. The molecule has 1 aliphatic carbocycles. The van der Waals surface area contributed by atoms with Gasteiger partial charge in [-0.15, -0.1) is 0 Å². The lowest BCUT2D eigenvalue weighted by Crippen LogP contribution is -2.54. The summed E-state index contributed by atoms with van der Waals surface area (Å²) < 4.78 is 40.0. The van der Waals surface area contributed by atoms with Crippen LogP contribution in [0.4, 0.5) is 4.39 Å². The van der Waals surface area contributed by atoms with Crippen LogP contribution in [-0.2, 0) is 14.8 Å². The lowest BCUT2D eigenvalue weighted by atomic mass is 9.75. The zero-order valence-electron chi connectivity index (χ0n) is 10.4. The highest BCUT2D eigenvalue weighted by Crippen LogP contribution is 2.37. The van der Waals surface area contributed by atoms with E-state index in [2.05, 4.69) is 4.72 Å². The number of aliphatic carboxylic acids is 1. The predicted molar refractivity (Wildman–Crippen MR) is 70.6 cm³/mol. The van der Waals surface area contributed by atoms with Gasteiger partial charge in [-0.1, -0.05) is 11.6 Å². The van der Waals surface area contributed by atoms with Crippen LogP contribution < -0.4 is 4.72 Å². The van der Waals surface area contributed by atoms with E-state index < -0.39 is 27.3 Å². The molecule has 0 aliphatic heterocycles. The van der Waals surface area contributed by atoms with Crippen molar-refractivity contribution in [3.63, 3.8) is 0 Å². The van der Waals surface area contributed by atoms with E-state index >= 15 is 0 Å². The molecule has 0 bridgehead atoms. The fourth-order valence-electron chi connectivity index (χ4n) is 2.23. The molecule has 20 heavy (non-hydrogen) atoms. The van der Waals surface area contributed by atoms with E-state index in [1.807, 2.05) is 0 Å². The number of carboxylic acids is 1. The van der Waals surface area contributed by atoms with Crippen LogP contribution in [0.1, 0.15) is 25.7 Å². The lowest BCUT2D eigenvalue weighted by molar-refractivity contribution is -0.139. The van der Waals surface area contributed by atoms with Crippen molar-refractivity contribution in [1.82, 2.24) is 4.72 Å². The predicted octanol–water partition coefficient (Wildman–Crippen LogP) is 2.15.